The van der Waals surface area contributed by atoms with Gasteiger partial charge >= 0.3 is 5.97 Å². The Kier molecular flexibility index (Phi) is 3.40. The first-order chi connectivity index (χ1) is 10.2. The number of aromatic nitrogens is 1. The van der Waals surface area contributed by atoms with Gasteiger partial charge in [-0.05, 0) is 46.5 Å². The van der Waals surface area contributed by atoms with Crippen LogP contribution in [0.5, 0.6) is 0 Å². The fourth-order valence-corrected chi connectivity index (χ4v) is 2.69. The Morgan fingerprint density at radius 3 is 2.67 bits per heavy atom. The third-order valence-corrected chi connectivity index (χ3v) is 3.71. The quantitative estimate of drug-likeness (QED) is 0.782. The summed E-state index contributed by atoms with van der Waals surface area (Å²) in [6, 6.07) is 13.6. The maximum atomic E-state index is 11.3. The number of carboxylic acid groups (broad SMARTS) is 1. The maximum Gasteiger partial charge on any atom is 0.335 e. The smallest absolute Gasteiger partial charge is 0.335 e. The number of carbonyl (C=O) groups is 1. The Hall–Kier alpha value is -2.68. The first kappa shape index (κ1) is 13.3. The third-order valence-electron chi connectivity index (χ3n) is 3.71. The summed E-state index contributed by atoms with van der Waals surface area (Å²) in [7, 11) is 0. The molecule has 0 aliphatic rings. The second-order valence-electron chi connectivity index (χ2n) is 4.93. The molecule has 0 fully saturated rings. The highest BCUT2D eigenvalue weighted by molar-refractivity contribution is 5.99. The summed E-state index contributed by atoms with van der Waals surface area (Å²) < 4.78 is 0. The SMILES string of the molecule is CCc1c(C(=O)O)ccc2cc(-c3cccnc3)ccc12. The first-order valence-corrected chi connectivity index (χ1v) is 6.90. The van der Waals surface area contributed by atoms with E-state index in [1.54, 1.807) is 12.3 Å². The number of nitrogens with zero attached hydrogens (tertiary/aromatic N) is 1. The Bertz CT molecular complexity index is 810. The van der Waals surface area contributed by atoms with Crippen molar-refractivity contribution in [2.75, 3.05) is 0 Å². The van der Waals surface area contributed by atoms with Gasteiger partial charge in [-0.2, -0.15) is 0 Å². The van der Waals surface area contributed by atoms with Gasteiger partial charge in [0.05, 0.1) is 5.56 Å². The lowest BCUT2D eigenvalue weighted by Gasteiger charge is -2.10. The molecule has 0 atom stereocenters. The lowest BCUT2D eigenvalue weighted by Crippen LogP contribution is -2.02. The highest BCUT2D eigenvalue weighted by Gasteiger charge is 2.12. The average Bonchev–Trinajstić information content (AvgIpc) is 2.53. The molecular weight excluding hydrogens is 262 g/mol. The van der Waals surface area contributed by atoms with Gasteiger partial charge in [-0.1, -0.05) is 31.2 Å². The molecule has 1 heterocycles. The van der Waals surface area contributed by atoms with E-state index >= 15 is 0 Å². The van der Waals surface area contributed by atoms with Crippen LogP contribution in [0.4, 0.5) is 0 Å². The van der Waals surface area contributed by atoms with Crippen molar-refractivity contribution >= 4 is 16.7 Å². The van der Waals surface area contributed by atoms with Gasteiger partial charge in [0.15, 0.2) is 0 Å². The molecule has 21 heavy (non-hydrogen) atoms. The van der Waals surface area contributed by atoms with E-state index in [1.807, 2.05) is 43.5 Å². The van der Waals surface area contributed by atoms with Gasteiger partial charge in [0.2, 0.25) is 0 Å². The van der Waals surface area contributed by atoms with Crippen molar-refractivity contribution < 1.29 is 9.90 Å². The topological polar surface area (TPSA) is 50.2 Å². The van der Waals surface area contributed by atoms with Gasteiger partial charge < -0.3 is 5.11 Å². The third kappa shape index (κ3) is 2.38. The monoisotopic (exact) mass is 277 g/mol. The van der Waals surface area contributed by atoms with Crippen molar-refractivity contribution in [3.63, 3.8) is 0 Å². The number of fused-ring (bicyclic) bond motifs is 1. The highest BCUT2D eigenvalue weighted by Crippen LogP contribution is 2.28. The molecule has 0 radical (unpaired) electrons. The summed E-state index contributed by atoms with van der Waals surface area (Å²) in [5, 5.41) is 11.3. The van der Waals surface area contributed by atoms with E-state index in [-0.39, 0.29) is 0 Å². The Morgan fingerprint density at radius 1 is 1.14 bits per heavy atom. The molecule has 0 unspecified atom stereocenters. The van der Waals surface area contributed by atoms with Crippen molar-refractivity contribution in [1.82, 2.24) is 4.98 Å². The van der Waals surface area contributed by atoms with Crippen LogP contribution < -0.4 is 0 Å². The minimum absolute atomic E-state index is 0.388. The second kappa shape index (κ2) is 5.37. The zero-order valence-electron chi connectivity index (χ0n) is 11.7. The van der Waals surface area contributed by atoms with Crippen LogP contribution in [0, 0.1) is 0 Å². The summed E-state index contributed by atoms with van der Waals surface area (Å²) >= 11 is 0. The number of benzene rings is 2. The maximum absolute atomic E-state index is 11.3. The van der Waals surface area contributed by atoms with Crippen molar-refractivity contribution in [1.29, 1.82) is 0 Å². The van der Waals surface area contributed by atoms with Gasteiger partial charge in [-0.25, -0.2) is 4.79 Å². The van der Waals surface area contributed by atoms with Crippen LogP contribution in [0.2, 0.25) is 0 Å². The van der Waals surface area contributed by atoms with E-state index in [4.69, 9.17) is 0 Å². The van der Waals surface area contributed by atoms with Crippen molar-refractivity contribution in [3.8, 4) is 11.1 Å². The molecule has 0 amide bonds. The summed E-state index contributed by atoms with van der Waals surface area (Å²) in [5.74, 6) is -0.870. The van der Waals surface area contributed by atoms with E-state index in [0.29, 0.717) is 12.0 Å². The number of aryl methyl sites for hydroxylation is 1. The fourth-order valence-electron chi connectivity index (χ4n) is 2.69. The predicted octanol–water partition coefficient (Wildman–Crippen LogP) is 4.16. The highest BCUT2D eigenvalue weighted by atomic mass is 16.4. The summed E-state index contributed by atoms with van der Waals surface area (Å²) in [6.45, 7) is 1.98. The molecule has 0 aliphatic carbocycles. The van der Waals surface area contributed by atoms with Gasteiger partial charge in [-0.15, -0.1) is 0 Å². The van der Waals surface area contributed by atoms with Gasteiger partial charge in [0.25, 0.3) is 0 Å². The molecule has 3 nitrogen and oxygen atoms in total. The normalized spacial score (nSPS) is 10.7. The van der Waals surface area contributed by atoms with Gasteiger partial charge in [0, 0.05) is 18.0 Å². The van der Waals surface area contributed by atoms with Crippen LogP contribution >= 0.6 is 0 Å². The molecule has 0 saturated carbocycles. The lowest BCUT2D eigenvalue weighted by molar-refractivity contribution is 0.0696. The molecule has 0 saturated heterocycles. The number of pyridine rings is 1. The molecule has 1 aromatic heterocycles. The predicted molar refractivity (Wildman–Crippen MR) is 83.5 cm³/mol. The molecule has 2 aromatic carbocycles. The molecule has 0 spiro atoms. The summed E-state index contributed by atoms with van der Waals surface area (Å²) in [5.41, 5.74) is 3.41. The minimum Gasteiger partial charge on any atom is -0.478 e. The molecule has 0 aliphatic heterocycles. The van der Waals surface area contributed by atoms with Crippen LogP contribution in [0.1, 0.15) is 22.8 Å². The zero-order chi connectivity index (χ0) is 14.8. The van der Waals surface area contributed by atoms with E-state index in [0.717, 1.165) is 27.5 Å². The number of aromatic carboxylic acids is 1. The average molecular weight is 277 g/mol. The van der Waals surface area contributed by atoms with Gasteiger partial charge in [-0.3, -0.25) is 4.98 Å². The van der Waals surface area contributed by atoms with Crippen LogP contribution in [0.3, 0.4) is 0 Å². The standard InChI is InChI=1S/C18H15NO2/c1-2-15-16-7-5-12(14-4-3-9-19-11-14)10-13(16)6-8-17(15)18(20)21/h3-11H,2H2,1H3,(H,20,21). The Morgan fingerprint density at radius 2 is 2.00 bits per heavy atom. The number of carboxylic acids is 1. The van der Waals surface area contributed by atoms with E-state index in [1.165, 1.54) is 0 Å². The molecule has 3 heteroatoms. The number of hydrogen-bond acceptors (Lipinski definition) is 2. The molecule has 3 rings (SSSR count). The van der Waals surface area contributed by atoms with Crippen LogP contribution in [-0.4, -0.2) is 16.1 Å². The Labute approximate surface area is 122 Å². The van der Waals surface area contributed by atoms with Crippen molar-refractivity contribution in [2.24, 2.45) is 0 Å². The van der Waals surface area contributed by atoms with E-state index < -0.39 is 5.97 Å². The number of rotatable bonds is 3. The largest absolute Gasteiger partial charge is 0.478 e. The van der Waals surface area contributed by atoms with Gasteiger partial charge in [0.1, 0.15) is 0 Å². The molecule has 104 valence electrons. The molecule has 0 bridgehead atoms. The van der Waals surface area contributed by atoms with Crippen LogP contribution in [0.15, 0.2) is 54.9 Å². The van der Waals surface area contributed by atoms with Crippen molar-refractivity contribution in [2.45, 2.75) is 13.3 Å². The first-order valence-electron chi connectivity index (χ1n) is 6.90. The van der Waals surface area contributed by atoms with E-state index in [9.17, 15) is 9.90 Å². The minimum atomic E-state index is -0.870. The van der Waals surface area contributed by atoms with Crippen LogP contribution in [-0.2, 0) is 6.42 Å². The van der Waals surface area contributed by atoms with Crippen LogP contribution in [0.25, 0.3) is 21.9 Å². The molecular formula is C18H15NO2. The molecule has 3 aromatic rings. The Balaban J connectivity index is 2.20. The van der Waals surface area contributed by atoms with Crippen molar-refractivity contribution in [3.05, 3.63) is 66.0 Å². The number of hydrogen-bond donors (Lipinski definition) is 1. The lowest BCUT2D eigenvalue weighted by atomic mass is 9.94. The zero-order valence-corrected chi connectivity index (χ0v) is 11.7. The second-order valence-corrected chi connectivity index (χ2v) is 4.93. The summed E-state index contributed by atoms with van der Waals surface area (Å²) in [4.78, 5) is 15.4. The fraction of sp³-hybridized carbons (Fsp3) is 0.111. The van der Waals surface area contributed by atoms with E-state index in [2.05, 4.69) is 11.1 Å². The summed E-state index contributed by atoms with van der Waals surface area (Å²) in [6.07, 6.45) is 4.28. The molecule has 1 N–H and O–H groups in total.